The Morgan fingerprint density at radius 2 is 1.83 bits per heavy atom. The first kappa shape index (κ1) is 11.2. The molecule has 0 aliphatic heterocycles. The lowest BCUT2D eigenvalue weighted by atomic mass is 9.54. The molecule has 1 heterocycles. The van der Waals surface area contributed by atoms with Gasteiger partial charge in [-0.3, -0.25) is 0 Å². The van der Waals surface area contributed by atoms with Crippen LogP contribution in [-0.4, -0.2) is 11.3 Å². The lowest BCUT2D eigenvalue weighted by Gasteiger charge is -2.50. The van der Waals surface area contributed by atoms with E-state index >= 15 is 0 Å². The second-order valence-electron chi connectivity index (χ2n) is 6.61. The van der Waals surface area contributed by atoms with E-state index < -0.39 is 0 Å². The van der Waals surface area contributed by atoms with Crippen molar-refractivity contribution in [1.29, 1.82) is 0 Å². The van der Waals surface area contributed by atoms with Gasteiger partial charge in [-0.2, -0.15) is 0 Å². The molecule has 0 unspecified atom stereocenters. The Kier molecular flexibility index (Phi) is 2.27. The summed E-state index contributed by atoms with van der Waals surface area (Å²) in [7, 11) is 0. The summed E-state index contributed by atoms with van der Waals surface area (Å²) < 4.78 is 0. The van der Waals surface area contributed by atoms with Crippen molar-refractivity contribution in [3.05, 3.63) is 16.1 Å². The van der Waals surface area contributed by atoms with Gasteiger partial charge in [-0.15, -0.1) is 11.3 Å². The number of fused-ring (bicyclic) bond motifs is 3. The van der Waals surface area contributed by atoms with Gasteiger partial charge in [0.25, 0.3) is 0 Å². The molecule has 5 rings (SSSR count). The number of aromatic nitrogens is 1. The van der Waals surface area contributed by atoms with Gasteiger partial charge >= 0.3 is 0 Å². The van der Waals surface area contributed by atoms with Gasteiger partial charge in [0.1, 0.15) is 6.29 Å². The fourth-order valence-electron chi connectivity index (χ4n) is 3.81. The summed E-state index contributed by atoms with van der Waals surface area (Å²) in [6, 6.07) is 0. The molecule has 0 aromatic carbocycles. The molecular formula is C15H19NOS. The van der Waals surface area contributed by atoms with Crippen LogP contribution in [0.1, 0.15) is 68.0 Å². The minimum absolute atomic E-state index is 0.0400. The zero-order valence-corrected chi connectivity index (χ0v) is 11.5. The zero-order valence-electron chi connectivity index (χ0n) is 10.7. The Bertz CT molecular complexity index is 464. The molecule has 0 radical (unpaired) electrons. The lowest BCUT2D eigenvalue weighted by molar-refractivity contribution is -0.122. The number of carbonyl (C=O) groups excluding carboxylic acids is 1. The average Bonchev–Trinajstić information content (AvgIpc) is 3.18. The van der Waals surface area contributed by atoms with Gasteiger partial charge in [-0.25, -0.2) is 4.98 Å². The fourth-order valence-corrected chi connectivity index (χ4v) is 5.00. The highest BCUT2D eigenvalue weighted by molar-refractivity contribution is 7.09. The van der Waals surface area contributed by atoms with Crippen LogP contribution in [0.2, 0.25) is 0 Å². The van der Waals surface area contributed by atoms with Crippen LogP contribution in [0.15, 0.2) is 5.38 Å². The largest absolute Gasteiger partial charge is 0.303 e. The van der Waals surface area contributed by atoms with Crippen LogP contribution in [0.3, 0.4) is 0 Å². The van der Waals surface area contributed by atoms with E-state index in [1.165, 1.54) is 49.1 Å². The maximum Gasteiger partial charge on any atom is 0.126 e. The number of hydrogen-bond donors (Lipinski definition) is 0. The highest BCUT2D eigenvalue weighted by Gasteiger charge is 2.50. The summed E-state index contributed by atoms with van der Waals surface area (Å²) >= 11 is 1.88. The van der Waals surface area contributed by atoms with Gasteiger partial charge in [0.15, 0.2) is 0 Å². The molecule has 2 nitrogen and oxygen atoms in total. The maximum absolute atomic E-state index is 11.3. The third-order valence-corrected chi connectivity index (χ3v) is 6.63. The van der Waals surface area contributed by atoms with Crippen molar-refractivity contribution in [2.75, 3.05) is 0 Å². The summed E-state index contributed by atoms with van der Waals surface area (Å²) in [6.45, 7) is 0. The van der Waals surface area contributed by atoms with Crippen LogP contribution < -0.4 is 0 Å². The van der Waals surface area contributed by atoms with Crippen LogP contribution >= 0.6 is 11.3 Å². The molecule has 0 saturated heterocycles. The minimum Gasteiger partial charge on any atom is -0.303 e. The first-order chi connectivity index (χ1) is 8.75. The lowest BCUT2D eigenvalue weighted by Crippen LogP contribution is -2.44. The molecule has 0 N–H and O–H groups in total. The average molecular weight is 261 g/mol. The monoisotopic (exact) mass is 261 g/mol. The standard InChI is InChI=1S/C15H19NOS/c17-10-14-3-6-15(7-4-14,8-5-14)13-16-12(9-18-13)11-1-2-11/h9-11H,1-8H2. The van der Waals surface area contributed by atoms with E-state index in [0.717, 1.165) is 25.2 Å². The maximum atomic E-state index is 11.3. The summed E-state index contributed by atoms with van der Waals surface area (Å²) in [6.07, 6.45) is 10.7. The molecule has 4 aliphatic carbocycles. The van der Waals surface area contributed by atoms with Gasteiger partial charge in [0, 0.05) is 22.1 Å². The number of nitrogens with zero attached hydrogens (tertiary/aromatic N) is 1. The SMILES string of the molecule is O=CC12CCC(c3nc(C4CC4)cs3)(CC1)CC2. The van der Waals surface area contributed by atoms with Crippen LogP contribution in [0.5, 0.6) is 0 Å². The number of hydrogen-bond acceptors (Lipinski definition) is 3. The van der Waals surface area contributed by atoms with Gasteiger partial charge in [0.2, 0.25) is 0 Å². The van der Waals surface area contributed by atoms with Gasteiger partial charge in [-0.1, -0.05) is 0 Å². The van der Waals surface area contributed by atoms with Crippen molar-refractivity contribution in [3.63, 3.8) is 0 Å². The van der Waals surface area contributed by atoms with E-state index in [-0.39, 0.29) is 5.41 Å². The predicted octanol–water partition coefficient (Wildman–Crippen LogP) is 3.81. The molecule has 2 bridgehead atoms. The van der Waals surface area contributed by atoms with Crippen LogP contribution in [0.25, 0.3) is 0 Å². The molecular weight excluding hydrogens is 242 g/mol. The number of rotatable bonds is 3. The van der Waals surface area contributed by atoms with Crippen LogP contribution in [0, 0.1) is 5.41 Å². The molecule has 18 heavy (non-hydrogen) atoms. The molecule has 1 aromatic rings. The van der Waals surface area contributed by atoms with Gasteiger partial charge < -0.3 is 4.79 Å². The summed E-state index contributed by atoms with van der Waals surface area (Å²) in [5, 5.41) is 3.67. The first-order valence-corrected chi connectivity index (χ1v) is 8.06. The molecule has 0 atom stereocenters. The zero-order chi connectivity index (χ0) is 12.2. The first-order valence-electron chi connectivity index (χ1n) is 7.18. The molecule has 3 heteroatoms. The number of carbonyl (C=O) groups is 1. The highest BCUT2D eigenvalue weighted by atomic mass is 32.1. The van der Waals surface area contributed by atoms with Crippen molar-refractivity contribution >= 4 is 17.6 Å². The third-order valence-electron chi connectivity index (χ3n) is 5.53. The fraction of sp³-hybridized carbons (Fsp3) is 0.733. The number of thiazole rings is 1. The van der Waals surface area contributed by atoms with Crippen LogP contribution in [-0.2, 0) is 10.2 Å². The Balaban J connectivity index is 1.62. The Morgan fingerprint density at radius 3 is 2.39 bits per heavy atom. The third kappa shape index (κ3) is 1.52. The second kappa shape index (κ2) is 3.66. The Hall–Kier alpha value is -0.700. The second-order valence-corrected chi connectivity index (χ2v) is 7.47. The van der Waals surface area contributed by atoms with Crippen molar-refractivity contribution in [2.45, 2.75) is 62.7 Å². The van der Waals surface area contributed by atoms with Crippen molar-refractivity contribution in [1.82, 2.24) is 4.98 Å². The molecule has 4 saturated carbocycles. The van der Waals surface area contributed by atoms with E-state index in [2.05, 4.69) is 5.38 Å². The molecule has 0 spiro atoms. The molecule has 0 amide bonds. The van der Waals surface area contributed by atoms with Crippen molar-refractivity contribution in [3.8, 4) is 0 Å². The molecule has 4 fully saturated rings. The quantitative estimate of drug-likeness (QED) is 0.774. The van der Waals surface area contributed by atoms with Gasteiger partial charge in [-0.05, 0) is 51.4 Å². The smallest absolute Gasteiger partial charge is 0.126 e. The van der Waals surface area contributed by atoms with Crippen LogP contribution in [0.4, 0.5) is 0 Å². The van der Waals surface area contributed by atoms with Crippen molar-refractivity contribution < 1.29 is 4.79 Å². The Labute approximate surface area is 112 Å². The summed E-state index contributed by atoms with van der Waals surface area (Å²) in [5.41, 5.74) is 1.73. The number of aldehydes is 1. The summed E-state index contributed by atoms with van der Waals surface area (Å²) in [5.74, 6) is 0.771. The van der Waals surface area contributed by atoms with E-state index in [4.69, 9.17) is 4.98 Å². The van der Waals surface area contributed by atoms with E-state index in [1.54, 1.807) is 0 Å². The van der Waals surface area contributed by atoms with E-state index in [9.17, 15) is 4.79 Å². The van der Waals surface area contributed by atoms with Crippen molar-refractivity contribution in [2.24, 2.45) is 5.41 Å². The van der Waals surface area contributed by atoms with Gasteiger partial charge in [0.05, 0.1) is 10.7 Å². The molecule has 96 valence electrons. The minimum atomic E-state index is 0.0400. The summed E-state index contributed by atoms with van der Waals surface area (Å²) in [4.78, 5) is 16.2. The molecule has 1 aromatic heterocycles. The predicted molar refractivity (Wildman–Crippen MR) is 72.0 cm³/mol. The Morgan fingerprint density at radius 1 is 1.17 bits per heavy atom. The highest BCUT2D eigenvalue weighted by Crippen LogP contribution is 2.57. The van der Waals surface area contributed by atoms with E-state index in [0.29, 0.717) is 5.41 Å². The topological polar surface area (TPSA) is 30.0 Å². The van der Waals surface area contributed by atoms with E-state index in [1.807, 2.05) is 11.3 Å². The normalized spacial score (nSPS) is 38.9. The molecule has 4 aliphatic rings.